The zero-order valence-electron chi connectivity index (χ0n) is 14.8. The number of hydrogen-bond acceptors (Lipinski definition) is 4. The fraction of sp³-hybridized carbons (Fsp3) is 0.579. The van der Waals surface area contributed by atoms with Crippen molar-refractivity contribution >= 4 is 28.6 Å². The molecule has 1 aliphatic heterocycles. The van der Waals surface area contributed by atoms with E-state index in [1.165, 1.54) is 36.7 Å². The molecule has 2 heterocycles. The van der Waals surface area contributed by atoms with E-state index in [2.05, 4.69) is 4.90 Å². The number of amides is 1. The van der Waals surface area contributed by atoms with Gasteiger partial charge in [-0.25, -0.2) is 4.79 Å². The van der Waals surface area contributed by atoms with Crippen LogP contribution in [0.5, 0.6) is 0 Å². The van der Waals surface area contributed by atoms with Crippen molar-refractivity contribution in [2.24, 2.45) is 0 Å². The molecule has 4 rings (SSSR count). The van der Waals surface area contributed by atoms with E-state index < -0.39 is 5.76 Å². The van der Waals surface area contributed by atoms with E-state index in [1.807, 2.05) is 4.90 Å². The van der Waals surface area contributed by atoms with Gasteiger partial charge in [0.05, 0.1) is 5.52 Å². The first kappa shape index (κ1) is 17.6. The number of aromatic nitrogens is 1. The number of piperazine rings is 1. The van der Waals surface area contributed by atoms with E-state index in [-0.39, 0.29) is 12.5 Å². The van der Waals surface area contributed by atoms with Gasteiger partial charge >= 0.3 is 5.76 Å². The number of carbonyl (C=O) groups excluding carboxylic acids is 1. The molecule has 0 bridgehead atoms. The second-order valence-electron chi connectivity index (χ2n) is 7.27. The average molecular weight is 378 g/mol. The third-order valence-electron chi connectivity index (χ3n) is 5.68. The van der Waals surface area contributed by atoms with Gasteiger partial charge in [-0.15, -0.1) is 0 Å². The Kier molecular flexibility index (Phi) is 5.05. The molecule has 0 N–H and O–H groups in total. The number of rotatable bonds is 3. The van der Waals surface area contributed by atoms with E-state index >= 15 is 0 Å². The van der Waals surface area contributed by atoms with Crippen LogP contribution in [0.25, 0.3) is 11.1 Å². The van der Waals surface area contributed by atoms with Gasteiger partial charge in [-0.3, -0.25) is 14.3 Å². The largest absolute Gasteiger partial charge is 0.420 e. The van der Waals surface area contributed by atoms with Crippen molar-refractivity contribution in [1.29, 1.82) is 0 Å². The molecule has 1 saturated carbocycles. The van der Waals surface area contributed by atoms with Crippen LogP contribution in [-0.2, 0) is 11.3 Å². The molecule has 1 saturated heterocycles. The van der Waals surface area contributed by atoms with Gasteiger partial charge in [0.25, 0.3) is 0 Å². The summed E-state index contributed by atoms with van der Waals surface area (Å²) in [6, 6.07) is 5.70. The van der Waals surface area contributed by atoms with Crippen LogP contribution in [0.3, 0.4) is 0 Å². The van der Waals surface area contributed by atoms with E-state index in [9.17, 15) is 9.59 Å². The third kappa shape index (κ3) is 3.53. The molecule has 1 aromatic carbocycles. The molecule has 0 atom stereocenters. The summed E-state index contributed by atoms with van der Waals surface area (Å²) in [7, 11) is 0. The topological polar surface area (TPSA) is 58.7 Å². The number of fused-ring (bicyclic) bond motifs is 1. The molecular formula is C19H24ClN3O3. The molecule has 1 aromatic heterocycles. The lowest BCUT2D eigenvalue weighted by molar-refractivity contribution is -0.134. The molecule has 140 valence electrons. The van der Waals surface area contributed by atoms with Crippen LogP contribution in [0.2, 0.25) is 5.02 Å². The van der Waals surface area contributed by atoms with E-state index in [0.29, 0.717) is 22.2 Å². The molecule has 6 nitrogen and oxygen atoms in total. The Morgan fingerprint density at radius 3 is 2.58 bits per heavy atom. The lowest BCUT2D eigenvalue weighted by atomic mass is 9.94. The van der Waals surface area contributed by atoms with Crippen LogP contribution < -0.4 is 5.76 Å². The molecule has 26 heavy (non-hydrogen) atoms. The number of halogens is 1. The zero-order chi connectivity index (χ0) is 18.1. The summed E-state index contributed by atoms with van der Waals surface area (Å²) in [5.41, 5.74) is 1.02. The van der Waals surface area contributed by atoms with Crippen LogP contribution in [0.1, 0.15) is 32.1 Å². The molecule has 7 heteroatoms. The van der Waals surface area contributed by atoms with Crippen molar-refractivity contribution in [3.63, 3.8) is 0 Å². The maximum absolute atomic E-state index is 12.7. The summed E-state index contributed by atoms with van der Waals surface area (Å²) in [6.07, 6.45) is 6.57. The number of oxazole rings is 1. The maximum Gasteiger partial charge on any atom is 0.420 e. The van der Waals surface area contributed by atoms with Gasteiger partial charge in [0.15, 0.2) is 5.58 Å². The molecule has 1 amide bonds. The van der Waals surface area contributed by atoms with Crippen LogP contribution in [0, 0.1) is 0 Å². The lowest BCUT2D eigenvalue weighted by Gasteiger charge is -2.40. The molecular weight excluding hydrogens is 354 g/mol. The van der Waals surface area contributed by atoms with Crippen LogP contribution in [0.4, 0.5) is 0 Å². The summed E-state index contributed by atoms with van der Waals surface area (Å²) in [4.78, 5) is 29.2. The van der Waals surface area contributed by atoms with Gasteiger partial charge in [0, 0.05) is 43.3 Å². The molecule has 0 spiro atoms. The second kappa shape index (κ2) is 7.45. The normalized spacial score (nSPS) is 20.0. The van der Waals surface area contributed by atoms with Gasteiger partial charge in [-0.2, -0.15) is 0 Å². The minimum atomic E-state index is -0.517. The van der Waals surface area contributed by atoms with Crippen molar-refractivity contribution in [3.8, 4) is 0 Å². The predicted octanol–water partition coefficient (Wildman–Crippen LogP) is 2.72. The molecule has 2 aromatic rings. The summed E-state index contributed by atoms with van der Waals surface area (Å²) < 4.78 is 6.60. The van der Waals surface area contributed by atoms with Crippen LogP contribution in [-0.4, -0.2) is 52.5 Å². The number of carbonyl (C=O) groups is 1. The van der Waals surface area contributed by atoms with Gasteiger partial charge in [0.1, 0.15) is 6.54 Å². The minimum absolute atomic E-state index is 0.0108. The van der Waals surface area contributed by atoms with E-state index in [4.69, 9.17) is 16.0 Å². The van der Waals surface area contributed by atoms with Gasteiger partial charge in [0.2, 0.25) is 5.91 Å². The first-order valence-electron chi connectivity index (χ1n) is 9.42. The van der Waals surface area contributed by atoms with Crippen molar-refractivity contribution < 1.29 is 9.21 Å². The van der Waals surface area contributed by atoms with E-state index in [1.54, 1.807) is 18.2 Å². The molecule has 2 fully saturated rings. The van der Waals surface area contributed by atoms with Crippen molar-refractivity contribution in [2.45, 2.75) is 44.7 Å². The van der Waals surface area contributed by atoms with Gasteiger partial charge < -0.3 is 9.32 Å². The van der Waals surface area contributed by atoms with Crippen LogP contribution >= 0.6 is 11.6 Å². The lowest BCUT2D eigenvalue weighted by Crippen LogP contribution is -2.53. The Labute approximate surface area is 157 Å². The van der Waals surface area contributed by atoms with Crippen molar-refractivity contribution in [1.82, 2.24) is 14.4 Å². The molecule has 2 aliphatic rings. The highest BCUT2D eigenvalue weighted by atomic mass is 35.5. The predicted molar refractivity (Wildman–Crippen MR) is 101 cm³/mol. The highest BCUT2D eigenvalue weighted by Crippen LogP contribution is 2.23. The monoisotopic (exact) mass is 377 g/mol. The van der Waals surface area contributed by atoms with Crippen LogP contribution in [0.15, 0.2) is 27.4 Å². The number of hydrogen-bond donors (Lipinski definition) is 0. The first-order chi connectivity index (χ1) is 12.6. The quantitative estimate of drug-likeness (QED) is 0.825. The summed E-state index contributed by atoms with van der Waals surface area (Å²) >= 11 is 5.93. The highest BCUT2D eigenvalue weighted by Gasteiger charge is 2.27. The Bertz CT molecular complexity index is 845. The van der Waals surface area contributed by atoms with Gasteiger partial charge in [-0.05, 0) is 25.0 Å². The average Bonchev–Trinajstić information content (AvgIpc) is 2.97. The fourth-order valence-electron chi connectivity index (χ4n) is 4.21. The standard InChI is InChI=1S/C19H24ClN3O3/c20-14-6-7-16-17(12-14)26-19(25)23(16)13-18(24)22-10-8-21(9-11-22)15-4-2-1-3-5-15/h6-7,12,15H,1-5,8-11,13H2. The minimum Gasteiger partial charge on any atom is -0.408 e. The number of benzene rings is 1. The second-order valence-corrected chi connectivity index (χ2v) is 7.71. The Morgan fingerprint density at radius 2 is 1.85 bits per heavy atom. The SMILES string of the molecule is O=C(Cn1c(=O)oc2cc(Cl)ccc21)N1CCN(C2CCCCC2)CC1. The molecule has 0 unspecified atom stereocenters. The number of nitrogens with zero attached hydrogens (tertiary/aromatic N) is 3. The highest BCUT2D eigenvalue weighted by molar-refractivity contribution is 6.31. The van der Waals surface area contributed by atoms with E-state index in [0.717, 1.165) is 26.2 Å². The first-order valence-corrected chi connectivity index (χ1v) is 9.80. The third-order valence-corrected chi connectivity index (χ3v) is 5.92. The van der Waals surface area contributed by atoms with Gasteiger partial charge in [-0.1, -0.05) is 30.9 Å². The van der Waals surface area contributed by atoms with Crippen molar-refractivity contribution in [3.05, 3.63) is 33.8 Å². The van der Waals surface area contributed by atoms with Crippen molar-refractivity contribution in [2.75, 3.05) is 26.2 Å². The Hall–Kier alpha value is -1.79. The molecule has 1 aliphatic carbocycles. The smallest absolute Gasteiger partial charge is 0.408 e. The Morgan fingerprint density at radius 1 is 1.12 bits per heavy atom. The fourth-order valence-corrected chi connectivity index (χ4v) is 4.37. The Balaban J connectivity index is 1.40. The molecule has 0 radical (unpaired) electrons. The summed E-state index contributed by atoms with van der Waals surface area (Å²) in [6.45, 7) is 3.31. The summed E-state index contributed by atoms with van der Waals surface area (Å²) in [5, 5.41) is 0.503. The maximum atomic E-state index is 12.7. The summed E-state index contributed by atoms with van der Waals surface area (Å²) in [5.74, 6) is -0.551. The zero-order valence-corrected chi connectivity index (χ0v) is 15.6.